The molecule has 0 radical (unpaired) electrons. The predicted octanol–water partition coefficient (Wildman–Crippen LogP) is 4.74. The van der Waals surface area contributed by atoms with Crippen LogP contribution < -0.4 is 5.32 Å². The summed E-state index contributed by atoms with van der Waals surface area (Å²) in [4.78, 5) is 12.7. The molecule has 8 heteroatoms. The number of carbonyl (C=O) groups excluding carboxylic acids is 1. The first-order valence-corrected chi connectivity index (χ1v) is 9.68. The van der Waals surface area contributed by atoms with E-state index in [1.807, 2.05) is 54.7 Å². The lowest BCUT2D eigenvalue weighted by Gasteiger charge is -2.06. The minimum absolute atomic E-state index is 0.280. The monoisotopic (exact) mass is 425 g/mol. The molecule has 6 nitrogen and oxygen atoms in total. The number of anilines is 1. The van der Waals surface area contributed by atoms with Crippen molar-refractivity contribution < 1.29 is 4.79 Å². The molecule has 29 heavy (non-hydrogen) atoms. The van der Waals surface area contributed by atoms with Gasteiger partial charge in [0.1, 0.15) is 5.02 Å². The number of carbonyl (C=O) groups is 1. The summed E-state index contributed by atoms with van der Waals surface area (Å²) in [6.07, 6.45) is 5.25. The maximum atomic E-state index is 12.7. The van der Waals surface area contributed by atoms with Crippen molar-refractivity contribution in [3.63, 3.8) is 0 Å². The summed E-state index contributed by atoms with van der Waals surface area (Å²) in [5.41, 5.74) is 2.40. The largest absolute Gasteiger partial charge is 0.304 e. The van der Waals surface area contributed by atoms with Crippen LogP contribution in [0.2, 0.25) is 10.0 Å². The Morgan fingerprint density at radius 3 is 2.62 bits per heavy atom. The van der Waals surface area contributed by atoms with Gasteiger partial charge in [0.25, 0.3) is 5.91 Å². The van der Waals surface area contributed by atoms with Crippen LogP contribution in [-0.4, -0.2) is 25.5 Å². The van der Waals surface area contributed by atoms with Crippen molar-refractivity contribution in [2.24, 2.45) is 0 Å². The Kier molecular flexibility index (Phi) is 5.64. The summed E-state index contributed by atoms with van der Waals surface area (Å²) in [6, 6.07) is 16.7. The van der Waals surface area contributed by atoms with Crippen LogP contribution in [0.3, 0.4) is 0 Å². The second-order valence-corrected chi connectivity index (χ2v) is 7.29. The van der Waals surface area contributed by atoms with Crippen LogP contribution in [0.5, 0.6) is 0 Å². The van der Waals surface area contributed by atoms with E-state index in [2.05, 4.69) is 15.5 Å². The standard InChI is InChI=1S/C21H17Cl2N5O/c22-18-8-2-1-6-17(18)13-28-14-19(23)20(26-28)25-21(29)16-7-3-5-15(11-16)12-27-10-4-9-24-27/h1-11,14H,12-13H2,(H,25,26,29). The third kappa shape index (κ3) is 4.67. The van der Waals surface area contributed by atoms with E-state index in [9.17, 15) is 4.79 Å². The number of hydrogen-bond acceptors (Lipinski definition) is 3. The Morgan fingerprint density at radius 2 is 1.83 bits per heavy atom. The van der Waals surface area contributed by atoms with Crippen LogP contribution in [0.15, 0.2) is 73.2 Å². The molecule has 0 spiro atoms. The lowest BCUT2D eigenvalue weighted by molar-refractivity contribution is 0.102. The molecular weight excluding hydrogens is 409 g/mol. The average Bonchev–Trinajstić information content (AvgIpc) is 3.34. The molecule has 0 atom stereocenters. The second-order valence-electron chi connectivity index (χ2n) is 6.47. The van der Waals surface area contributed by atoms with Crippen LogP contribution in [-0.2, 0) is 13.1 Å². The van der Waals surface area contributed by atoms with E-state index < -0.39 is 0 Å². The Balaban J connectivity index is 1.47. The molecule has 0 unspecified atom stereocenters. The zero-order valence-electron chi connectivity index (χ0n) is 15.3. The number of benzene rings is 2. The lowest BCUT2D eigenvalue weighted by Crippen LogP contribution is -2.14. The van der Waals surface area contributed by atoms with E-state index in [0.717, 1.165) is 11.1 Å². The Bertz CT molecular complexity index is 1140. The topological polar surface area (TPSA) is 64.7 Å². The molecule has 0 aliphatic rings. The van der Waals surface area contributed by atoms with E-state index >= 15 is 0 Å². The number of hydrogen-bond donors (Lipinski definition) is 1. The van der Waals surface area contributed by atoms with Gasteiger partial charge in [-0.15, -0.1) is 0 Å². The van der Waals surface area contributed by atoms with Gasteiger partial charge in [0.15, 0.2) is 5.82 Å². The lowest BCUT2D eigenvalue weighted by atomic mass is 10.1. The molecule has 4 rings (SSSR count). The summed E-state index contributed by atoms with van der Waals surface area (Å²) in [6.45, 7) is 1.04. The fourth-order valence-corrected chi connectivity index (χ4v) is 3.33. The molecule has 2 aromatic heterocycles. The number of aromatic nitrogens is 4. The molecule has 0 fully saturated rings. The fraction of sp³-hybridized carbons (Fsp3) is 0.0952. The number of amides is 1. The molecule has 1 amide bonds. The highest BCUT2D eigenvalue weighted by Gasteiger charge is 2.13. The van der Waals surface area contributed by atoms with Gasteiger partial charge in [0.05, 0.1) is 13.1 Å². The second kappa shape index (κ2) is 8.51. The van der Waals surface area contributed by atoms with E-state index in [1.54, 1.807) is 27.8 Å². The van der Waals surface area contributed by atoms with Crippen molar-refractivity contribution in [2.45, 2.75) is 13.1 Å². The summed E-state index contributed by atoms with van der Waals surface area (Å²) >= 11 is 12.5. The van der Waals surface area contributed by atoms with Crippen molar-refractivity contribution in [1.82, 2.24) is 19.6 Å². The van der Waals surface area contributed by atoms with Crippen LogP contribution in [0, 0.1) is 0 Å². The van der Waals surface area contributed by atoms with Crippen molar-refractivity contribution in [3.05, 3.63) is 99.9 Å². The quantitative estimate of drug-likeness (QED) is 0.485. The summed E-state index contributed by atoms with van der Waals surface area (Å²) in [5.74, 6) is 0.0263. The zero-order valence-corrected chi connectivity index (χ0v) is 16.8. The molecule has 2 heterocycles. The Hall–Kier alpha value is -3.09. The average molecular weight is 426 g/mol. The Morgan fingerprint density at radius 1 is 0.966 bits per heavy atom. The zero-order chi connectivity index (χ0) is 20.2. The van der Waals surface area contributed by atoms with Crippen LogP contribution in [0.25, 0.3) is 0 Å². The minimum atomic E-state index is -0.280. The van der Waals surface area contributed by atoms with Gasteiger partial charge in [-0.1, -0.05) is 53.5 Å². The Labute approximate surface area is 177 Å². The third-order valence-corrected chi connectivity index (χ3v) is 4.98. The maximum Gasteiger partial charge on any atom is 0.256 e. The maximum absolute atomic E-state index is 12.7. The smallest absolute Gasteiger partial charge is 0.256 e. The molecule has 2 aromatic carbocycles. The van der Waals surface area contributed by atoms with Crippen molar-refractivity contribution >= 4 is 34.9 Å². The number of nitrogens with one attached hydrogen (secondary N) is 1. The van der Waals surface area contributed by atoms with Gasteiger partial charge in [-0.05, 0) is 35.4 Å². The highest BCUT2D eigenvalue weighted by Crippen LogP contribution is 2.22. The molecule has 0 bridgehead atoms. The molecule has 1 N–H and O–H groups in total. The molecular formula is C21H17Cl2N5O. The predicted molar refractivity (Wildman–Crippen MR) is 114 cm³/mol. The normalized spacial score (nSPS) is 10.8. The molecule has 0 aliphatic heterocycles. The molecule has 4 aromatic rings. The first-order valence-electron chi connectivity index (χ1n) is 8.92. The van der Waals surface area contributed by atoms with E-state index in [-0.39, 0.29) is 5.91 Å². The van der Waals surface area contributed by atoms with Crippen LogP contribution in [0.1, 0.15) is 21.5 Å². The van der Waals surface area contributed by atoms with Gasteiger partial charge in [0.2, 0.25) is 0 Å². The minimum Gasteiger partial charge on any atom is -0.304 e. The van der Waals surface area contributed by atoms with E-state index in [1.165, 1.54) is 0 Å². The van der Waals surface area contributed by atoms with Gasteiger partial charge < -0.3 is 5.32 Å². The first-order chi connectivity index (χ1) is 14.1. The van der Waals surface area contributed by atoms with Gasteiger partial charge in [-0.2, -0.15) is 10.2 Å². The van der Waals surface area contributed by atoms with Gasteiger partial charge in [-0.3, -0.25) is 14.2 Å². The van der Waals surface area contributed by atoms with Gasteiger partial charge >= 0.3 is 0 Å². The SMILES string of the molecule is O=C(Nc1nn(Cc2ccccc2Cl)cc1Cl)c1cccc(Cn2cccn2)c1. The molecule has 0 saturated carbocycles. The van der Waals surface area contributed by atoms with Crippen LogP contribution >= 0.6 is 23.2 Å². The summed E-state index contributed by atoms with van der Waals surface area (Å²) in [7, 11) is 0. The van der Waals surface area contributed by atoms with Crippen molar-refractivity contribution in [1.29, 1.82) is 0 Å². The van der Waals surface area contributed by atoms with Crippen LogP contribution in [0.4, 0.5) is 5.82 Å². The number of halogens is 2. The highest BCUT2D eigenvalue weighted by molar-refractivity contribution is 6.33. The summed E-state index contributed by atoms with van der Waals surface area (Å²) < 4.78 is 3.44. The van der Waals surface area contributed by atoms with Crippen molar-refractivity contribution in [2.75, 3.05) is 5.32 Å². The highest BCUT2D eigenvalue weighted by atomic mass is 35.5. The summed E-state index contributed by atoms with van der Waals surface area (Å²) in [5, 5.41) is 12.3. The fourth-order valence-electron chi connectivity index (χ4n) is 2.94. The molecule has 0 aliphatic carbocycles. The van der Waals surface area contributed by atoms with Gasteiger partial charge in [-0.25, -0.2) is 0 Å². The van der Waals surface area contributed by atoms with E-state index in [0.29, 0.717) is 34.5 Å². The molecule has 0 saturated heterocycles. The van der Waals surface area contributed by atoms with Gasteiger partial charge in [0, 0.05) is 29.2 Å². The number of nitrogens with zero attached hydrogens (tertiary/aromatic N) is 4. The van der Waals surface area contributed by atoms with Crippen molar-refractivity contribution in [3.8, 4) is 0 Å². The number of rotatable bonds is 6. The third-order valence-electron chi connectivity index (χ3n) is 4.33. The van der Waals surface area contributed by atoms with E-state index in [4.69, 9.17) is 23.2 Å². The molecule has 146 valence electrons. The first kappa shape index (κ1) is 19.2.